The normalized spacial score (nSPS) is 11.6. The van der Waals surface area contributed by atoms with E-state index in [1.54, 1.807) is 0 Å². The minimum absolute atomic E-state index is 0.0552. The topological polar surface area (TPSA) is 116 Å². The fourth-order valence-corrected chi connectivity index (χ4v) is 2.44. The molecule has 1 aromatic rings. The van der Waals surface area contributed by atoms with E-state index in [0.29, 0.717) is 0 Å². The number of carbonyl (C=O) groups excluding carboxylic acids is 3. The average Bonchev–Trinajstić information content (AvgIpc) is 2.58. The standard InChI is InChI=1S/C19H26FN3O5/c1-11(2)9-17(25)22-16-6-5-14(10-15(16)20)18(26)23(12(3)19(27)28)8-7-21-13(4)24/h5-6,10-12H,7-9H2,1-4H3,(H,21,24)(H,22,25)(H,27,28). The smallest absolute Gasteiger partial charge is 0.326 e. The maximum Gasteiger partial charge on any atom is 0.326 e. The molecule has 0 aliphatic heterocycles. The Morgan fingerprint density at radius 1 is 1.18 bits per heavy atom. The summed E-state index contributed by atoms with van der Waals surface area (Å²) in [6.45, 7) is 6.35. The van der Waals surface area contributed by atoms with Crippen molar-refractivity contribution >= 4 is 29.4 Å². The minimum Gasteiger partial charge on any atom is -0.480 e. The molecule has 1 unspecified atom stereocenters. The lowest BCUT2D eigenvalue weighted by molar-refractivity contribution is -0.141. The van der Waals surface area contributed by atoms with Crippen LogP contribution in [0.2, 0.25) is 0 Å². The number of carboxylic acid groups (broad SMARTS) is 1. The summed E-state index contributed by atoms with van der Waals surface area (Å²) in [5.41, 5.74) is -0.117. The third-order valence-corrected chi connectivity index (χ3v) is 3.90. The zero-order chi connectivity index (χ0) is 21.4. The SMILES string of the molecule is CC(=O)NCCN(C(=O)c1ccc(NC(=O)CC(C)C)c(F)c1)C(C)C(=O)O. The zero-order valence-electron chi connectivity index (χ0n) is 16.4. The van der Waals surface area contributed by atoms with Gasteiger partial charge < -0.3 is 20.6 Å². The highest BCUT2D eigenvalue weighted by molar-refractivity contribution is 5.97. The molecule has 8 nitrogen and oxygen atoms in total. The molecule has 0 bridgehead atoms. The molecular formula is C19H26FN3O5. The van der Waals surface area contributed by atoms with E-state index in [-0.39, 0.29) is 48.5 Å². The molecule has 9 heteroatoms. The number of halogens is 1. The molecule has 0 heterocycles. The number of carbonyl (C=O) groups is 4. The van der Waals surface area contributed by atoms with Gasteiger partial charge in [-0.3, -0.25) is 14.4 Å². The maximum absolute atomic E-state index is 14.3. The summed E-state index contributed by atoms with van der Waals surface area (Å²) in [6.07, 6.45) is 0.229. The molecule has 28 heavy (non-hydrogen) atoms. The van der Waals surface area contributed by atoms with Gasteiger partial charge in [0.2, 0.25) is 11.8 Å². The summed E-state index contributed by atoms with van der Waals surface area (Å²) in [6, 6.07) is 2.36. The van der Waals surface area contributed by atoms with Crippen LogP contribution in [0, 0.1) is 11.7 Å². The molecule has 1 atom stereocenters. The maximum atomic E-state index is 14.3. The lowest BCUT2D eigenvalue weighted by Gasteiger charge is -2.26. The fourth-order valence-electron chi connectivity index (χ4n) is 2.44. The molecule has 1 rings (SSSR count). The Labute approximate surface area is 163 Å². The molecule has 0 aromatic heterocycles. The molecule has 0 spiro atoms. The minimum atomic E-state index is -1.23. The number of amides is 3. The molecule has 0 saturated carbocycles. The first kappa shape index (κ1) is 23.1. The molecule has 1 aromatic carbocycles. The molecule has 3 N–H and O–H groups in total. The van der Waals surface area contributed by atoms with Crippen molar-refractivity contribution < 1.29 is 28.7 Å². The summed E-state index contributed by atoms with van der Waals surface area (Å²) >= 11 is 0. The van der Waals surface area contributed by atoms with Gasteiger partial charge in [0.1, 0.15) is 11.9 Å². The summed E-state index contributed by atoms with van der Waals surface area (Å²) in [4.78, 5) is 47.8. The number of aliphatic carboxylic acids is 1. The number of hydrogen-bond acceptors (Lipinski definition) is 4. The van der Waals surface area contributed by atoms with Crippen LogP contribution in [0.1, 0.15) is 44.5 Å². The molecule has 0 saturated heterocycles. The van der Waals surface area contributed by atoms with Crippen molar-refractivity contribution in [3.63, 3.8) is 0 Å². The van der Waals surface area contributed by atoms with Crippen molar-refractivity contribution in [1.29, 1.82) is 0 Å². The Kier molecular flexibility index (Phi) is 8.56. The summed E-state index contributed by atoms with van der Waals surface area (Å²) < 4.78 is 14.3. The predicted molar refractivity (Wildman–Crippen MR) is 101 cm³/mol. The quantitative estimate of drug-likeness (QED) is 0.590. The van der Waals surface area contributed by atoms with Gasteiger partial charge in [-0.25, -0.2) is 9.18 Å². The Morgan fingerprint density at radius 3 is 2.32 bits per heavy atom. The highest BCUT2D eigenvalue weighted by Gasteiger charge is 2.27. The first-order valence-electron chi connectivity index (χ1n) is 8.90. The number of benzene rings is 1. The molecule has 0 radical (unpaired) electrons. The van der Waals surface area contributed by atoms with Gasteiger partial charge in [0.05, 0.1) is 5.69 Å². The van der Waals surface area contributed by atoms with Gasteiger partial charge >= 0.3 is 5.97 Å². The second-order valence-electron chi connectivity index (χ2n) is 6.84. The van der Waals surface area contributed by atoms with E-state index in [2.05, 4.69) is 10.6 Å². The Hall–Kier alpha value is -2.97. The summed E-state index contributed by atoms with van der Waals surface area (Å²) in [7, 11) is 0. The van der Waals surface area contributed by atoms with E-state index in [1.807, 2.05) is 13.8 Å². The number of nitrogens with zero attached hydrogens (tertiary/aromatic N) is 1. The van der Waals surface area contributed by atoms with Crippen molar-refractivity contribution in [2.45, 2.75) is 40.2 Å². The Balaban J connectivity index is 2.99. The van der Waals surface area contributed by atoms with Crippen molar-refractivity contribution in [3.05, 3.63) is 29.6 Å². The summed E-state index contributed by atoms with van der Waals surface area (Å²) in [5, 5.41) is 14.2. The molecule has 0 fully saturated rings. The van der Waals surface area contributed by atoms with Gasteiger partial charge in [-0.1, -0.05) is 13.8 Å². The second-order valence-corrected chi connectivity index (χ2v) is 6.84. The Bertz CT molecular complexity index is 751. The lowest BCUT2D eigenvalue weighted by Crippen LogP contribution is -2.46. The molecule has 154 valence electrons. The predicted octanol–water partition coefficient (Wildman–Crippen LogP) is 1.86. The Morgan fingerprint density at radius 2 is 1.82 bits per heavy atom. The van der Waals surface area contributed by atoms with E-state index in [1.165, 1.54) is 26.0 Å². The van der Waals surface area contributed by atoms with Crippen LogP contribution in [0.4, 0.5) is 10.1 Å². The van der Waals surface area contributed by atoms with Gasteiger partial charge in [0, 0.05) is 32.0 Å². The van der Waals surface area contributed by atoms with Gasteiger partial charge in [-0.2, -0.15) is 0 Å². The third-order valence-electron chi connectivity index (χ3n) is 3.90. The molecule has 3 amide bonds. The van der Waals surface area contributed by atoms with Crippen LogP contribution in [-0.2, 0) is 14.4 Å². The largest absolute Gasteiger partial charge is 0.480 e. The first-order chi connectivity index (χ1) is 13.0. The monoisotopic (exact) mass is 395 g/mol. The van der Waals surface area contributed by atoms with Crippen LogP contribution < -0.4 is 10.6 Å². The van der Waals surface area contributed by atoms with E-state index in [4.69, 9.17) is 0 Å². The highest BCUT2D eigenvalue weighted by atomic mass is 19.1. The number of carboxylic acids is 1. The zero-order valence-corrected chi connectivity index (χ0v) is 16.4. The molecular weight excluding hydrogens is 369 g/mol. The number of nitrogens with one attached hydrogen (secondary N) is 2. The van der Waals surface area contributed by atoms with E-state index >= 15 is 0 Å². The van der Waals surface area contributed by atoms with Gasteiger partial charge in [-0.15, -0.1) is 0 Å². The van der Waals surface area contributed by atoms with Gasteiger partial charge in [-0.05, 0) is 31.0 Å². The van der Waals surface area contributed by atoms with Crippen LogP contribution in [0.3, 0.4) is 0 Å². The average molecular weight is 395 g/mol. The van der Waals surface area contributed by atoms with Crippen LogP contribution in [-0.4, -0.2) is 52.8 Å². The van der Waals surface area contributed by atoms with Crippen molar-refractivity contribution in [3.8, 4) is 0 Å². The fraction of sp³-hybridized carbons (Fsp3) is 0.474. The van der Waals surface area contributed by atoms with Crippen molar-refractivity contribution in [2.75, 3.05) is 18.4 Å². The van der Waals surface area contributed by atoms with Crippen LogP contribution in [0.15, 0.2) is 18.2 Å². The van der Waals surface area contributed by atoms with E-state index in [0.717, 1.165) is 11.0 Å². The second kappa shape index (κ2) is 10.4. The van der Waals surface area contributed by atoms with E-state index < -0.39 is 23.7 Å². The van der Waals surface area contributed by atoms with E-state index in [9.17, 15) is 28.7 Å². The van der Waals surface area contributed by atoms with Gasteiger partial charge in [0.25, 0.3) is 5.91 Å². The number of hydrogen-bond donors (Lipinski definition) is 3. The van der Waals surface area contributed by atoms with Crippen molar-refractivity contribution in [1.82, 2.24) is 10.2 Å². The third kappa shape index (κ3) is 6.98. The lowest BCUT2D eigenvalue weighted by atomic mass is 10.1. The number of rotatable bonds is 9. The van der Waals surface area contributed by atoms with Crippen molar-refractivity contribution in [2.24, 2.45) is 5.92 Å². The number of anilines is 1. The van der Waals surface area contributed by atoms with Crippen LogP contribution in [0.5, 0.6) is 0 Å². The van der Waals surface area contributed by atoms with Crippen LogP contribution in [0.25, 0.3) is 0 Å². The highest BCUT2D eigenvalue weighted by Crippen LogP contribution is 2.19. The molecule has 0 aliphatic rings. The van der Waals surface area contributed by atoms with Gasteiger partial charge in [0.15, 0.2) is 0 Å². The summed E-state index contributed by atoms with van der Waals surface area (Å²) in [5.74, 6) is -3.27. The van der Waals surface area contributed by atoms with Crippen LogP contribution >= 0.6 is 0 Å². The molecule has 0 aliphatic carbocycles. The first-order valence-corrected chi connectivity index (χ1v) is 8.90.